The molecule has 0 radical (unpaired) electrons. The molecule has 2 heterocycles. The number of aryl methyl sites for hydroxylation is 1. The predicted octanol–water partition coefficient (Wildman–Crippen LogP) is 6.57. The molecule has 6 nitrogen and oxygen atoms in total. The highest BCUT2D eigenvalue weighted by atomic mass is 19.1. The van der Waals surface area contributed by atoms with Crippen molar-refractivity contribution in [3.63, 3.8) is 0 Å². The highest BCUT2D eigenvalue weighted by molar-refractivity contribution is 5.87. The Balaban J connectivity index is 1.44. The smallest absolute Gasteiger partial charge is 0.310 e. The summed E-state index contributed by atoms with van der Waals surface area (Å²) < 4.78 is 24.7. The van der Waals surface area contributed by atoms with Gasteiger partial charge in [0.1, 0.15) is 11.6 Å². The first-order valence-corrected chi connectivity index (χ1v) is 14.8. The highest BCUT2D eigenvalue weighted by Crippen LogP contribution is 2.50. The second-order valence-corrected chi connectivity index (χ2v) is 11.8. The monoisotopic (exact) mass is 560 g/mol. The minimum Gasteiger partial charge on any atom is -0.493 e. The molecule has 218 valence electrons. The first-order valence-electron chi connectivity index (χ1n) is 14.8. The number of aromatic nitrogens is 1. The van der Waals surface area contributed by atoms with Gasteiger partial charge in [0.05, 0.1) is 37.1 Å². The number of hydrogen-bond donors (Lipinski definition) is 1. The zero-order valence-electron chi connectivity index (χ0n) is 24.4. The molecule has 1 saturated carbocycles. The summed E-state index contributed by atoms with van der Waals surface area (Å²) in [7, 11) is 0. The number of aliphatic hydroxyl groups is 1. The Morgan fingerprint density at radius 3 is 2.32 bits per heavy atom. The first-order chi connectivity index (χ1) is 19.8. The van der Waals surface area contributed by atoms with Crippen LogP contribution in [0, 0.1) is 18.2 Å². The van der Waals surface area contributed by atoms with Gasteiger partial charge in [0.2, 0.25) is 0 Å². The van der Waals surface area contributed by atoms with Gasteiger partial charge in [-0.1, -0.05) is 30.7 Å². The van der Waals surface area contributed by atoms with E-state index < -0.39 is 0 Å². The average molecular weight is 561 g/mol. The van der Waals surface area contributed by atoms with Crippen LogP contribution in [-0.2, 0) is 29.0 Å². The molecular formula is C34H41FN2O4. The Hall–Kier alpha value is -3.45. The minimum atomic E-state index is -0.272. The third kappa shape index (κ3) is 6.72. The molecule has 7 heteroatoms. The van der Waals surface area contributed by atoms with Crippen LogP contribution < -0.4 is 9.64 Å². The van der Waals surface area contributed by atoms with Crippen LogP contribution in [0.5, 0.6) is 5.75 Å². The van der Waals surface area contributed by atoms with Gasteiger partial charge in [0.25, 0.3) is 0 Å². The average Bonchev–Trinajstić information content (AvgIpc) is 2.94. The zero-order valence-corrected chi connectivity index (χ0v) is 24.4. The van der Waals surface area contributed by atoms with Crippen molar-refractivity contribution in [2.45, 2.75) is 78.4 Å². The Morgan fingerprint density at radius 2 is 1.73 bits per heavy atom. The molecule has 2 aromatic carbocycles. The maximum absolute atomic E-state index is 13.2. The summed E-state index contributed by atoms with van der Waals surface area (Å²) in [6.07, 6.45) is 6.82. The van der Waals surface area contributed by atoms with Crippen molar-refractivity contribution < 1.29 is 23.8 Å². The van der Waals surface area contributed by atoms with Gasteiger partial charge < -0.3 is 19.5 Å². The highest BCUT2D eigenvalue weighted by Gasteiger charge is 2.40. The lowest BCUT2D eigenvalue weighted by Gasteiger charge is -2.49. The number of nitrogens with zero attached hydrogens (tertiary/aromatic N) is 2. The molecule has 1 N–H and O–H groups in total. The van der Waals surface area contributed by atoms with Crippen LogP contribution in [0.15, 0.2) is 48.5 Å². The lowest BCUT2D eigenvalue weighted by Crippen LogP contribution is -2.44. The van der Waals surface area contributed by atoms with E-state index in [1.807, 2.05) is 45.0 Å². The summed E-state index contributed by atoms with van der Waals surface area (Å²) in [5, 5.41) is 10.4. The maximum Gasteiger partial charge on any atom is 0.310 e. The van der Waals surface area contributed by atoms with Gasteiger partial charge in [-0.15, -0.1) is 0 Å². The van der Waals surface area contributed by atoms with Crippen LogP contribution in [0.4, 0.5) is 10.1 Å². The van der Waals surface area contributed by atoms with Crippen molar-refractivity contribution in [3.8, 4) is 16.9 Å². The minimum absolute atomic E-state index is 0.136. The molecule has 1 aliphatic heterocycles. The van der Waals surface area contributed by atoms with Gasteiger partial charge in [0, 0.05) is 36.3 Å². The first kappa shape index (κ1) is 29.1. The molecule has 1 saturated heterocycles. The molecule has 1 spiro atoms. The lowest BCUT2D eigenvalue weighted by atomic mass is 9.63. The number of ether oxygens (including phenoxy) is 2. The van der Waals surface area contributed by atoms with E-state index in [2.05, 4.69) is 4.90 Å². The molecule has 0 unspecified atom stereocenters. The number of anilines is 1. The second kappa shape index (κ2) is 12.6. The Labute approximate surface area is 242 Å². The van der Waals surface area contributed by atoms with Crippen molar-refractivity contribution >= 4 is 11.7 Å². The van der Waals surface area contributed by atoms with Gasteiger partial charge in [-0.2, -0.15) is 0 Å². The fraction of sp³-hybridized carbons (Fsp3) is 0.471. The van der Waals surface area contributed by atoms with Crippen molar-refractivity contribution in [2.75, 3.05) is 24.6 Å². The van der Waals surface area contributed by atoms with Crippen molar-refractivity contribution in [2.24, 2.45) is 5.41 Å². The molecule has 1 aromatic heterocycles. The number of hydrogen-bond acceptors (Lipinski definition) is 6. The Kier molecular flexibility index (Phi) is 8.93. The molecule has 0 amide bonds. The molecule has 41 heavy (non-hydrogen) atoms. The fourth-order valence-corrected chi connectivity index (χ4v) is 6.25. The molecule has 2 fully saturated rings. The van der Waals surface area contributed by atoms with Crippen LogP contribution in [0.2, 0.25) is 0 Å². The molecule has 0 bridgehead atoms. The number of halogens is 1. The van der Waals surface area contributed by atoms with Crippen LogP contribution in [-0.4, -0.2) is 41.9 Å². The quantitative estimate of drug-likeness (QED) is 0.283. The molecular weight excluding hydrogens is 519 g/mol. The number of esters is 1. The molecule has 5 rings (SSSR count). The summed E-state index contributed by atoms with van der Waals surface area (Å²) >= 11 is 0. The van der Waals surface area contributed by atoms with E-state index in [4.69, 9.17) is 14.5 Å². The number of benzene rings is 2. The summed E-state index contributed by atoms with van der Waals surface area (Å²) in [6.45, 7) is 7.73. The third-order valence-electron chi connectivity index (χ3n) is 8.66. The number of aliphatic hydroxyl groups excluding tert-OH is 1. The van der Waals surface area contributed by atoms with Gasteiger partial charge >= 0.3 is 5.97 Å². The summed E-state index contributed by atoms with van der Waals surface area (Å²) in [4.78, 5) is 20.1. The van der Waals surface area contributed by atoms with E-state index in [1.54, 1.807) is 12.1 Å². The van der Waals surface area contributed by atoms with Crippen LogP contribution in [0.1, 0.15) is 68.5 Å². The molecule has 3 aromatic rings. The number of carbonyl (C=O) groups is 1. The van der Waals surface area contributed by atoms with Gasteiger partial charge in [-0.25, -0.2) is 4.39 Å². The van der Waals surface area contributed by atoms with Crippen LogP contribution in [0.25, 0.3) is 11.1 Å². The van der Waals surface area contributed by atoms with Gasteiger partial charge in [-0.05, 0) is 87.3 Å². The summed E-state index contributed by atoms with van der Waals surface area (Å²) in [5.74, 6) is 0.212. The lowest BCUT2D eigenvalue weighted by molar-refractivity contribution is -0.146. The normalized spacial score (nSPS) is 16.1. The van der Waals surface area contributed by atoms with Crippen molar-refractivity contribution in [1.29, 1.82) is 0 Å². The largest absolute Gasteiger partial charge is 0.493 e. The fourth-order valence-electron chi connectivity index (χ4n) is 6.25. The third-order valence-corrected chi connectivity index (χ3v) is 8.66. The van der Waals surface area contributed by atoms with Crippen LogP contribution in [0.3, 0.4) is 0 Å². The topological polar surface area (TPSA) is 71.9 Å². The number of pyridine rings is 1. The predicted molar refractivity (Wildman–Crippen MR) is 159 cm³/mol. The summed E-state index contributed by atoms with van der Waals surface area (Å²) in [5.41, 5.74) is 6.48. The standard InChI is InChI=1S/C34H41FN2O4/c1-23(2)41-31(39)21-29-24(3)36-30(22-38)32(33(29)37-18-16-34(17-19-37)14-4-15-34)26-7-11-28(12-8-26)40-20-13-25-5-9-27(35)10-6-25/h5-12,23,38H,4,13-22H2,1-3H3. The summed E-state index contributed by atoms with van der Waals surface area (Å²) in [6, 6.07) is 14.3. The van der Waals surface area contributed by atoms with E-state index >= 15 is 0 Å². The van der Waals surface area contributed by atoms with E-state index in [0.717, 1.165) is 65.3 Å². The Morgan fingerprint density at radius 1 is 1.05 bits per heavy atom. The number of piperidine rings is 1. The molecule has 0 atom stereocenters. The van der Waals surface area contributed by atoms with Crippen LogP contribution >= 0.6 is 0 Å². The van der Waals surface area contributed by atoms with Crippen molar-refractivity contribution in [1.82, 2.24) is 4.98 Å². The SMILES string of the molecule is Cc1nc(CO)c(-c2ccc(OCCc3ccc(F)cc3)cc2)c(N2CCC3(CCC3)CC2)c1CC(=O)OC(C)C. The van der Waals surface area contributed by atoms with Gasteiger partial charge in [-0.3, -0.25) is 9.78 Å². The van der Waals surface area contributed by atoms with Crippen molar-refractivity contribution in [3.05, 3.63) is 76.9 Å². The van der Waals surface area contributed by atoms with E-state index in [1.165, 1.54) is 31.4 Å². The number of rotatable bonds is 10. The Bertz CT molecular complexity index is 1340. The second-order valence-electron chi connectivity index (χ2n) is 11.8. The van der Waals surface area contributed by atoms with E-state index in [9.17, 15) is 14.3 Å². The number of carbonyl (C=O) groups excluding carboxylic acids is 1. The van der Waals surface area contributed by atoms with E-state index in [-0.39, 0.29) is 30.9 Å². The maximum atomic E-state index is 13.2. The van der Waals surface area contributed by atoms with E-state index in [0.29, 0.717) is 24.1 Å². The van der Waals surface area contributed by atoms with Gasteiger partial charge in [0.15, 0.2) is 0 Å². The molecule has 2 aliphatic rings. The zero-order chi connectivity index (χ0) is 29.0. The molecule has 1 aliphatic carbocycles.